The van der Waals surface area contributed by atoms with E-state index in [9.17, 15) is 41.0 Å². The van der Waals surface area contributed by atoms with Gasteiger partial charge in [-0.3, -0.25) is 4.79 Å². The Labute approximate surface area is 165 Å². The van der Waals surface area contributed by atoms with E-state index in [1.54, 1.807) is 0 Å². The highest BCUT2D eigenvalue weighted by Gasteiger charge is 2.66. The molecule has 0 aromatic heterocycles. The monoisotopic (exact) mass is 432 g/mol. The van der Waals surface area contributed by atoms with Crippen LogP contribution in [0.5, 0.6) is 0 Å². The summed E-state index contributed by atoms with van der Waals surface area (Å²) >= 11 is 0. The van der Waals surface area contributed by atoms with Crippen LogP contribution in [-0.2, 0) is 6.18 Å². The molecule has 2 aromatic carbocycles. The molecule has 0 saturated carbocycles. The van der Waals surface area contributed by atoms with Crippen molar-refractivity contribution in [2.75, 3.05) is 0 Å². The number of rotatable bonds is 3. The molecule has 3 rings (SSSR count). The van der Waals surface area contributed by atoms with Gasteiger partial charge in [0.25, 0.3) is 0 Å². The molecule has 160 valence electrons. The first-order valence-electron chi connectivity index (χ1n) is 8.49. The first kappa shape index (κ1) is 21.6. The Morgan fingerprint density at radius 1 is 0.933 bits per heavy atom. The lowest BCUT2D eigenvalue weighted by molar-refractivity contribution is -0.287. The van der Waals surface area contributed by atoms with E-state index in [0.717, 1.165) is 12.1 Å². The Hall–Kier alpha value is -3.08. The van der Waals surface area contributed by atoms with Gasteiger partial charge in [0, 0.05) is 5.56 Å². The Morgan fingerprint density at radius 3 is 2.00 bits per heavy atom. The molecule has 2 amide bonds. The summed E-state index contributed by atoms with van der Waals surface area (Å²) in [7, 11) is 0. The summed E-state index contributed by atoms with van der Waals surface area (Å²) in [5.74, 6) is -3.47. The maximum atomic E-state index is 13.7. The van der Waals surface area contributed by atoms with Crippen LogP contribution < -0.4 is 10.6 Å². The third-order valence-corrected chi connectivity index (χ3v) is 4.74. The molecule has 30 heavy (non-hydrogen) atoms. The number of Topliss-reactive ketones (excluding diaryl/α,β-unsaturated/α-hetero) is 1. The van der Waals surface area contributed by atoms with Crippen molar-refractivity contribution in [1.82, 2.24) is 10.6 Å². The van der Waals surface area contributed by atoms with Gasteiger partial charge in [-0.05, 0) is 17.7 Å². The summed E-state index contributed by atoms with van der Waals surface area (Å²) in [4.78, 5) is 24.8. The van der Waals surface area contributed by atoms with Crippen LogP contribution in [-0.4, -0.2) is 28.8 Å². The normalized spacial score (nSPS) is 24.7. The minimum Gasteiger partial charge on any atom is -0.363 e. The van der Waals surface area contributed by atoms with Crippen molar-refractivity contribution in [3.63, 3.8) is 0 Å². The largest absolute Gasteiger partial charge is 0.437 e. The van der Waals surface area contributed by atoms with Crippen molar-refractivity contribution < 1.29 is 41.0 Å². The van der Waals surface area contributed by atoms with Gasteiger partial charge < -0.3 is 15.7 Å². The highest BCUT2D eigenvalue weighted by molar-refractivity contribution is 6.00. The number of carbonyl (C=O) groups excluding carboxylic acids is 2. The average molecular weight is 432 g/mol. The molecule has 1 saturated heterocycles. The smallest absolute Gasteiger partial charge is 0.363 e. The van der Waals surface area contributed by atoms with Gasteiger partial charge in [-0.2, -0.15) is 26.3 Å². The van der Waals surface area contributed by atoms with Crippen molar-refractivity contribution in [1.29, 1.82) is 0 Å². The van der Waals surface area contributed by atoms with E-state index in [0.29, 0.717) is 12.1 Å². The summed E-state index contributed by atoms with van der Waals surface area (Å²) < 4.78 is 79.6. The molecular weight excluding hydrogens is 418 g/mol. The van der Waals surface area contributed by atoms with Crippen LogP contribution in [0.4, 0.5) is 31.1 Å². The van der Waals surface area contributed by atoms with Gasteiger partial charge in [0.15, 0.2) is 5.78 Å². The molecule has 3 N–H and O–H groups in total. The molecule has 1 heterocycles. The quantitative estimate of drug-likeness (QED) is 0.510. The van der Waals surface area contributed by atoms with Crippen LogP contribution in [0.25, 0.3) is 0 Å². The van der Waals surface area contributed by atoms with E-state index in [-0.39, 0.29) is 11.1 Å². The summed E-state index contributed by atoms with van der Waals surface area (Å²) in [6.45, 7) is 0. The zero-order valence-corrected chi connectivity index (χ0v) is 14.9. The van der Waals surface area contributed by atoms with Crippen LogP contribution in [0, 0.1) is 5.92 Å². The topological polar surface area (TPSA) is 78.4 Å². The number of benzene rings is 2. The predicted molar refractivity (Wildman–Crippen MR) is 91.1 cm³/mol. The maximum absolute atomic E-state index is 13.7. The number of urea groups is 1. The van der Waals surface area contributed by atoms with E-state index in [1.807, 2.05) is 0 Å². The molecule has 1 aliphatic rings. The number of amides is 2. The lowest BCUT2D eigenvalue weighted by Crippen LogP contribution is -2.72. The number of hydrogen-bond acceptors (Lipinski definition) is 3. The first-order chi connectivity index (χ1) is 13.8. The summed E-state index contributed by atoms with van der Waals surface area (Å²) in [5.41, 5.74) is -5.41. The second kappa shape index (κ2) is 7.31. The van der Waals surface area contributed by atoms with E-state index in [1.165, 1.54) is 35.6 Å². The summed E-state index contributed by atoms with van der Waals surface area (Å²) in [6, 6.07) is 6.48. The standard InChI is InChI=1S/C19H14F6N2O3/c20-18(21,22)12-8-6-10(7-9-12)14-13(15(28)11-4-2-1-3-5-11)17(30,19(23,24)25)27-16(29)26-14/h1-9,13-14,30H,(H2,26,27,29)/t13-,14+,17-/m0/s1. The lowest BCUT2D eigenvalue weighted by atomic mass is 9.77. The minimum atomic E-state index is -5.45. The van der Waals surface area contributed by atoms with Crippen molar-refractivity contribution in [3.05, 3.63) is 71.3 Å². The molecule has 11 heteroatoms. The molecule has 2 aromatic rings. The van der Waals surface area contributed by atoms with Gasteiger partial charge in [0.1, 0.15) is 5.92 Å². The molecule has 0 aliphatic carbocycles. The fraction of sp³-hybridized carbons (Fsp3) is 0.263. The van der Waals surface area contributed by atoms with Crippen LogP contribution in [0.3, 0.4) is 0 Å². The zero-order valence-electron chi connectivity index (χ0n) is 14.9. The number of alkyl halides is 6. The SMILES string of the molecule is O=C1N[C@H](c2ccc(C(F)(F)F)cc2)[C@@H](C(=O)c2ccccc2)[C@](O)(C(F)(F)F)N1. The molecule has 0 unspecified atom stereocenters. The van der Waals surface area contributed by atoms with Crippen LogP contribution in [0.2, 0.25) is 0 Å². The fourth-order valence-electron chi connectivity index (χ4n) is 3.28. The predicted octanol–water partition coefficient (Wildman–Crippen LogP) is 3.81. The molecule has 5 nitrogen and oxygen atoms in total. The highest BCUT2D eigenvalue weighted by atomic mass is 19.4. The van der Waals surface area contributed by atoms with Crippen molar-refractivity contribution in [2.24, 2.45) is 5.92 Å². The molecule has 3 atom stereocenters. The van der Waals surface area contributed by atoms with Gasteiger partial charge in [0.2, 0.25) is 5.72 Å². The Bertz CT molecular complexity index is 943. The molecular formula is C19H14F6N2O3. The molecule has 0 radical (unpaired) electrons. The molecule has 1 aliphatic heterocycles. The molecule has 1 fully saturated rings. The van der Waals surface area contributed by atoms with E-state index in [4.69, 9.17) is 0 Å². The van der Waals surface area contributed by atoms with E-state index < -0.39 is 47.4 Å². The Kier molecular flexibility index (Phi) is 5.27. The fourth-order valence-corrected chi connectivity index (χ4v) is 3.28. The second-order valence-electron chi connectivity index (χ2n) is 6.67. The van der Waals surface area contributed by atoms with Crippen molar-refractivity contribution >= 4 is 11.8 Å². The molecule has 0 spiro atoms. The van der Waals surface area contributed by atoms with Crippen LogP contribution >= 0.6 is 0 Å². The van der Waals surface area contributed by atoms with E-state index >= 15 is 0 Å². The third kappa shape index (κ3) is 3.84. The highest BCUT2D eigenvalue weighted by Crippen LogP contribution is 2.44. The van der Waals surface area contributed by atoms with Gasteiger partial charge in [-0.15, -0.1) is 0 Å². The van der Waals surface area contributed by atoms with E-state index in [2.05, 4.69) is 5.32 Å². The average Bonchev–Trinajstić information content (AvgIpc) is 2.66. The van der Waals surface area contributed by atoms with Crippen molar-refractivity contribution in [3.8, 4) is 0 Å². The van der Waals surface area contributed by atoms with Crippen LogP contribution in [0.1, 0.15) is 27.5 Å². The summed E-state index contributed by atoms with van der Waals surface area (Å²) in [5, 5.41) is 13.8. The zero-order chi connectivity index (χ0) is 22.3. The number of nitrogens with one attached hydrogen (secondary N) is 2. The second-order valence-corrected chi connectivity index (χ2v) is 6.67. The number of aliphatic hydroxyl groups is 1. The number of hydrogen-bond donors (Lipinski definition) is 3. The number of halogens is 6. The van der Waals surface area contributed by atoms with Crippen LogP contribution in [0.15, 0.2) is 54.6 Å². The van der Waals surface area contributed by atoms with Gasteiger partial charge in [-0.1, -0.05) is 42.5 Å². The Balaban J connectivity index is 2.13. The minimum absolute atomic E-state index is 0.181. The van der Waals surface area contributed by atoms with Gasteiger partial charge >= 0.3 is 18.4 Å². The van der Waals surface area contributed by atoms with Crippen molar-refractivity contribution in [2.45, 2.75) is 24.1 Å². The van der Waals surface area contributed by atoms with Gasteiger partial charge in [0.05, 0.1) is 11.6 Å². The number of ketones is 1. The first-order valence-corrected chi connectivity index (χ1v) is 8.49. The van der Waals surface area contributed by atoms with Gasteiger partial charge in [-0.25, -0.2) is 4.79 Å². The maximum Gasteiger partial charge on any atom is 0.437 e. The molecule has 0 bridgehead atoms. The summed E-state index contributed by atoms with van der Waals surface area (Å²) in [6.07, 6.45) is -10.1. The third-order valence-electron chi connectivity index (χ3n) is 4.74. The lowest BCUT2D eigenvalue weighted by Gasteiger charge is -2.45. The number of carbonyl (C=O) groups is 2. The Morgan fingerprint density at radius 2 is 1.50 bits per heavy atom.